The van der Waals surface area contributed by atoms with Gasteiger partial charge in [-0.25, -0.2) is 0 Å². The van der Waals surface area contributed by atoms with E-state index in [9.17, 15) is 4.79 Å². The van der Waals surface area contributed by atoms with E-state index in [4.69, 9.17) is 0 Å². The van der Waals surface area contributed by atoms with Gasteiger partial charge in [0.15, 0.2) is 0 Å². The monoisotopic (exact) mass is 366 g/mol. The minimum absolute atomic E-state index is 0.0431. The van der Waals surface area contributed by atoms with Gasteiger partial charge in [-0.05, 0) is 52.7 Å². The molecule has 1 aromatic carbocycles. The minimum Gasteiger partial charge on any atom is -0.385 e. The Kier molecular flexibility index (Phi) is 5.82. The first-order valence-electron chi connectivity index (χ1n) is 6.92. The van der Waals surface area contributed by atoms with E-state index in [0.717, 1.165) is 28.7 Å². The van der Waals surface area contributed by atoms with Crippen molar-refractivity contribution in [3.63, 3.8) is 0 Å². The van der Waals surface area contributed by atoms with Crippen molar-refractivity contribution in [3.05, 3.63) is 50.6 Å². The van der Waals surface area contributed by atoms with Crippen molar-refractivity contribution in [1.82, 2.24) is 4.90 Å². The number of carbonyl (C=O) groups is 1. The number of nitrogens with one attached hydrogen (secondary N) is 1. The summed E-state index contributed by atoms with van der Waals surface area (Å²) in [5, 5.41) is 5.33. The van der Waals surface area contributed by atoms with Gasteiger partial charge in [0, 0.05) is 39.6 Å². The number of amides is 1. The molecule has 0 bridgehead atoms. The number of benzene rings is 1. The van der Waals surface area contributed by atoms with Crippen LogP contribution in [0.25, 0.3) is 0 Å². The Bertz CT molecular complexity index is 595. The lowest BCUT2D eigenvalue weighted by atomic mass is 10.2. The second-order valence-corrected chi connectivity index (χ2v) is 6.81. The molecule has 1 N–H and O–H groups in total. The number of anilines is 1. The summed E-state index contributed by atoms with van der Waals surface area (Å²) in [4.78, 5) is 15.3. The molecule has 0 saturated heterocycles. The normalized spacial score (nSPS) is 10.4. The highest BCUT2D eigenvalue weighted by Gasteiger charge is 2.12. The van der Waals surface area contributed by atoms with Gasteiger partial charge in [0.25, 0.3) is 5.91 Å². The first-order chi connectivity index (χ1) is 10.1. The Labute approximate surface area is 138 Å². The van der Waals surface area contributed by atoms with E-state index in [1.165, 1.54) is 4.88 Å². The van der Waals surface area contributed by atoms with Crippen LogP contribution < -0.4 is 5.32 Å². The van der Waals surface area contributed by atoms with Crippen LogP contribution in [0.1, 0.15) is 28.6 Å². The average Bonchev–Trinajstić information content (AvgIpc) is 2.90. The molecular weight excluding hydrogens is 348 g/mol. The van der Waals surface area contributed by atoms with E-state index in [-0.39, 0.29) is 5.91 Å². The zero-order valence-electron chi connectivity index (χ0n) is 12.2. The summed E-state index contributed by atoms with van der Waals surface area (Å²) in [6.07, 6.45) is 1.08. The molecule has 1 aromatic heterocycles. The van der Waals surface area contributed by atoms with Crippen LogP contribution in [0.5, 0.6) is 0 Å². The predicted molar refractivity (Wildman–Crippen MR) is 93.0 cm³/mol. The van der Waals surface area contributed by atoms with E-state index in [1.807, 2.05) is 42.8 Å². The zero-order chi connectivity index (χ0) is 15.2. The van der Waals surface area contributed by atoms with E-state index in [1.54, 1.807) is 16.2 Å². The van der Waals surface area contributed by atoms with Gasteiger partial charge >= 0.3 is 0 Å². The summed E-state index contributed by atoms with van der Waals surface area (Å²) in [7, 11) is 1.83. The quantitative estimate of drug-likeness (QED) is 0.809. The number of carbonyl (C=O) groups excluding carboxylic acids is 1. The lowest BCUT2D eigenvalue weighted by molar-refractivity contribution is 0.0786. The van der Waals surface area contributed by atoms with Crippen LogP contribution >= 0.6 is 27.3 Å². The van der Waals surface area contributed by atoms with E-state index in [0.29, 0.717) is 6.54 Å². The van der Waals surface area contributed by atoms with E-state index in [2.05, 4.69) is 28.2 Å². The summed E-state index contributed by atoms with van der Waals surface area (Å²) < 4.78 is 1.06. The molecule has 0 fully saturated rings. The molecule has 21 heavy (non-hydrogen) atoms. The zero-order valence-corrected chi connectivity index (χ0v) is 14.6. The summed E-state index contributed by atoms with van der Waals surface area (Å²) in [5.74, 6) is 0.0431. The van der Waals surface area contributed by atoms with Gasteiger partial charge in [-0.3, -0.25) is 4.79 Å². The van der Waals surface area contributed by atoms with Crippen molar-refractivity contribution >= 4 is 38.9 Å². The second-order valence-electron chi connectivity index (χ2n) is 4.90. The van der Waals surface area contributed by atoms with E-state index < -0.39 is 0 Å². The third-order valence-electron chi connectivity index (χ3n) is 3.07. The summed E-state index contributed by atoms with van der Waals surface area (Å²) in [5.41, 5.74) is 1.77. The Balaban J connectivity index is 1.98. The standard InChI is InChI=1S/C16H19BrN2OS/c1-3-8-18-14-6-4-12(5-7-14)16(20)19(2)10-15-9-13(17)11-21-15/h4-7,9,11,18H,3,8,10H2,1-2H3. The summed E-state index contributed by atoms with van der Waals surface area (Å²) >= 11 is 5.08. The number of nitrogens with zero attached hydrogens (tertiary/aromatic N) is 1. The number of thiophene rings is 1. The molecule has 1 amide bonds. The van der Waals surface area contributed by atoms with Crippen LogP contribution in [0.2, 0.25) is 0 Å². The van der Waals surface area contributed by atoms with Crippen molar-refractivity contribution in [2.24, 2.45) is 0 Å². The number of halogens is 1. The maximum atomic E-state index is 12.4. The molecular formula is C16H19BrN2OS. The molecule has 112 valence electrons. The van der Waals surface area contributed by atoms with Crippen LogP contribution in [-0.4, -0.2) is 24.4 Å². The van der Waals surface area contributed by atoms with Crippen molar-refractivity contribution < 1.29 is 4.79 Å². The van der Waals surface area contributed by atoms with Gasteiger partial charge in [0.2, 0.25) is 0 Å². The maximum absolute atomic E-state index is 12.4. The molecule has 0 aliphatic rings. The highest BCUT2D eigenvalue weighted by atomic mass is 79.9. The van der Waals surface area contributed by atoms with E-state index >= 15 is 0 Å². The largest absolute Gasteiger partial charge is 0.385 e. The van der Waals surface area contributed by atoms with Gasteiger partial charge in [0.1, 0.15) is 0 Å². The number of hydrogen-bond donors (Lipinski definition) is 1. The highest BCUT2D eigenvalue weighted by Crippen LogP contribution is 2.21. The Morgan fingerprint density at radius 1 is 1.33 bits per heavy atom. The molecule has 1 heterocycles. The molecule has 0 radical (unpaired) electrons. The molecule has 3 nitrogen and oxygen atoms in total. The number of hydrogen-bond acceptors (Lipinski definition) is 3. The summed E-state index contributed by atoms with van der Waals surface area (Å²) in [6.45, 7) is 3.70. The minimum atomic E-state index is 0.0431. The Hall–Kier alpha value is -1.33. The lowest BCUT2D eigenvalue weighted by Gasteiger charge is -2.16. The third kappa shape index (κ3) is 4.58. The Morgan fingerprint density at radius 2 is 2.05 bits per heavy atom. The van der Waals surface area contributed by atoms with Gasteiger partial charge < -0.3 is 10.2 Å². The SMILES string of the molecule is CCCNc1ccc(C(=O)N(C)Cc2cc(Br)cs2)cc1. The topological polar surface area (TPSA) is 32.3 Å². The molecule has 0 atom stereocenters. The fraction of sp³-hybridized carbons (Fsp3) is 0.312. The molecule has 2 rings (SSSR count). The first kappa shape index (κ1) is 16.0. The van der Waals surface area contributed by atoms with Crippen LogP contribution in [0, 0.1) is 0 Å². The second kappa shape index (κ2) is 7.61. The van der Waals surface area contributed by atoms with Gasteiger partial charge in [-0.15, -0.1) is 11.3 Å². The first-order valence-corrected chi connectivity index (χ1v) is 8.59. The van der Waals surface area contributed by atoms with Gasteiger partial charge in [-0.1, -0.05) is 6.92 Å². The number of rotatable bonds is 6. The molecule has 5 heteroatoms. The van der Waals surface area contributed by atoms with Crippen molar-refractivity contribution in [2.75, 3.05) is 18.9 Å². The fourth-order valence-electron chi connectivity index (χ4n) is 1.96. The van der Waals surface area contributed by atoms with Crippen LogP contribution in [0.15, 0.2) is 40.2 Å². The lowest BCUT2D eigenvalue weighted by Crippen LogP contribution is -2.25. The molecule has 0 unspecified atom stereocenters. The molecule has 0 saturated carbocycles. The van der Waals surface area contributed by atoms with Crippen molar-refractivity contribution in [2.45, 2.75) is 19.9 Å². The predicted octanol–water partition coefficient (Wildman–Crippen LogP) is 4.60. The van der Waals surface area contributed by atoms with Crippen molar-refractivity contribution in [1.29, 1.82) is 0 Å². The molecule has 0 spiro atoms. The van der Waals surface area contributed by atoms with Crippen molar-refractivity contribution in [3.8, 4) is 0 Å². The van der Waals surface area contributed by atoms with Crippen LogP contribution in [-0.2, 0) is 6.54 Å². The Morgan fingerprint density at radius 3 is 2.62 bits per heavy atom. The average molecular weight is 367 g/mol. The maximum Gasteiger partial charge on any atom is 0.253 e. The molecule has 0 aliphatic heterocycles. The molecule has 2 aromatic rings. The summed E-state index contributed by atoms with van der Waals surface area (Å²) in [6, 6.07) is 9.71. The van der Waals surface area contributed by atoms with Gasteiger partial charge in [0.05, 0.1) is 6.54 Å². The smallest absolute Gasteiger partial charge is 0.253 e. The molecule has 0 aliphatic carbocycles. The third-order valence-corrected chi connectivity index (χ3v) is 4.75. The van der Waals surface area contributed by atoms with Crippen LogP contribution in [0.3, 0.4) is 0 Å². The fourth-order valence-corrected chi connectivity index (χ4v) is 3.47. The van der Waals surface area contributed by atoms with Crippen LogP contribution in [0.4, 0.5) is 5.69 Å². The highest BCUT2D eigenvalue weighted by molar-refractivity contribution is 9.10. The van der Waals surface area contributed by atoms with Gasteiger partial charge in [-0.2, -0.15) is 0 Å².